The molecule has 1 saturated heterocycles. The van der Waals surface area contributed by atoms with Crippen LogP contribution in [0.3, 0.4) is 0 Å². The molecule has 4 heterocycles. The standard InChI is InChI=1S/C18H20ClN7/c1-24(15-7-8-20-9-14(15)19)13-10-25(11-13)17-6-5-16-21-22-18(26(16)23-17)12-3-2-4-12/h5-9,12-13H,2-4,10-11H2,1H3. The molecule has 7 nitrogen and oxygen atoms in total. The summed E-state index contributed by atoms with van der Waals surface area (Å²) in [4.78, 5) is 8.56. The first-order valence-electron chi connectivity index (χ1n) is 9.00. The molecule has 26 heavy (non-hydrogen) atoms. The molecule has 2 fully saturated rings. The summed E-state index contributed by atoms with van der Waals surface area (Å²) in [6, 6.07) is 6.40. The van der Waals surface area contributed by atoms with Gasteiger partial charge in [-0.1, -0.05) is 18.0 Å². The first-order chi connectivity index (χ1) is 12.7. The zero-order valence-corrected chi connectivity index (χ0v) is 15.3. The number of hydrogen-bond donors (Lipinski definition) is 0. The van der Waals surface area contributed by atoms with Crippen LogP contribution < -0.4 is 9.80 Å². The minimum Gasteiger partial charge on any atom is -0.367 e. The van der Waals surface area contributed by atoms with E-state index in [9.17, 15) is 0 Å². The Hall–Kier alpha value is -2.41. The average Bonchev–Trinajstić information content (AvgIpc) is 2.95. The molecule has 8 heteroatoms. The van der Waals surface area contributed by atoms with Gasteiger partial charge in [-0.05, 0) is 31.0 Å². The Morgan fingerprint density at radius 1 is 1.15 bits per heavy atom. The third-order valence-corrected chi connectivity index (χ3v) is 5.90. The number of hydrogen-bond acceptors (Lipinski definition) is 6. The number of rotatable bonds is 4. The van der Waals surface area contributed by atoms with E-state index in [-0.39, 0.29) is 0 Å². The first-order valence-corrected chi connectivity index (χ1v) is 9.38. The lowest BCUT2D eigenvalue weighted by molar-refractivity contribution is 0.394. The first kappa shape index (κ1) is 15.8. The molecule has 2 aliphatic rings. The second-order valence-corrected chi connectivity index (χ2v) is 7.55. The van der Waals surface area contributed by atoms with Crippen LogP contribution in [0.4, 0.5) is 11.5 Å². The summed E-state index contributed by atoms with van der Waals surface area (Å²) in [5, 5.41) is 14.1. The van der Waals surface area contributed by atoms with Crippen molar-refractivity contribution in [2.75, 3.05) is 29.9 Å². The number of likely N-dealkylation sites (N-methyl/N-ethyl adjacent to an activating group) is 1. The van der Waals surface area contributed by atoms with Crippen LogP contribution in [0.25, 0.3) is 5.65 Å². The number of aromatic nitrogens is 5. The van der Waals surface area contributed by atoms with Gasteiger partial charge in [-0.25, -0.2) is 0 Å². The Balaban J connectivity index is 1.33. The lowest BCUT2D eigenvalue weighted by Gasteiger charge is -2.45. The third-order valence-electron chi connectivity index (χ3n) is 5.61. The Morgan fingerprint density at radius 2 is 2.00 bits per heavy atom. The van der Waals surface area contributed by atoms with E-state index >= 15 is 0 Å². The van der Waals surface area contributed by atoms with E-state index in [2.05, 4.69) is 32.0 Å². The van der Waals surface area contributed by atoms with Crippen molar-refractivity contribution >= 4 is 28.8 Å². The van der Waals surface area contributed by atoms with Gasteiger partial charge in [-0.15, -0.1) is 15.3 Å². The van der Waals surface area contributed by atoms with Crippen molar-refractivity contribution in [3.8, 4) is 0 Å². The number of pyridine rings is 1. The maximum atomic E-state index is 6.27. The van der Waals surface area contributed by atoms with Gasteiger partial charge in [0.25, 0.3) is 0 Å². The molecular weight excluding hydrogens is 350 g/mol. The van der Waals surface area contributed by atoms with Gasteiger partial charge in [-0.2, -0.15) is 4.52 Å². The molecule has 0 radical (unpaired) electrons. The van der Waals surface area contributed by atoms with Crippen molar-refractivity contribution in [1.29, 1.82) is 0 Å². The van der Waals surface area contributed by atoms with E-state index in [1.54, 1.807) is 12.4 Å². The molecule has 0 spiro atoms. The fourth-order valence-electron chi connectivity index (χ4n) is 3.62. The highest BCUT2D eigenvalue weighted by atomic mass is 35.5. The molecule has 0 amide bonds. The smallest absolute Gasteiger partial charge is 0.178 e. The Kier molecular flexibility index (Phi) is 3.70. The molecule has 0 bridgehead atoms. The van der Waals surface area contributed by atoms with Crippen molar-refractivity contribution in [1.82, 2.24) is 24.8 Å². The molecule has 0 N–H and O–H groups in total. The van der Waals surface area contributed by atoms with E-state index in [0.717, 1.165) is 36.1 Å². The molecule has 0 unspecified atom stereocenters. The summed E-state index contributed by atoms with van der Waals surface area (Å²) in [6.45, 7) is 1.82. The Morgan fingerprint density at radius 3 is 2.73 bits per heavy atom. The molecule has 3 aromatic heterocycles. The SMILES string of the molecule is CN(c1ccncc1Cl)C1CN(c2ccc3nnc(C4CCC4)n3n2)C1. The van der Waals surface area contributed by atoms with Gasteiger partial charge in [0.1, 0.15) is 5.82 Å². The lowest BCUT2D eigenvalue weighted by atomic mass is 9.85. The van der Waals surface area contributed by atoms with E-state index in [0.29, 0.717) is 17.0 Å². The average molecular weight is 370 g/mol. The maximum Gasteiger partial charge on any atom is 0.178 e. The largest absolute Gasteiger partial charge is 0.367 e. The monoisotopic (exact) mass is 369 g/mol. The highest BCUT2D eigenvalue weighted by molar-refractivity contribution is 6.33. The fraction of sp³-hybridized carbons (Fsp3) is 0.444. The van der Waals surface area contributed by atoms with Crippen molar-refractivity contribution in [2.45, 2.75) is 31.2 Å². The molecular formula is C18H20ClN7. The topological polar surface area (TPSA) is 62.5 Å². The Labute approximate surface area is 156 Å². The van der Waals surface area contributed by atoms with Crippen LogP contribution in [-0.2, 0) is 0 Å². The molecule has 3 aromatic rings. The minimum atomic E-state index is 0.402. The summed E-state index contributed by atoms with van der Waals surface area (Å²) in [7, 11) is 2.08. The van der Waals surface area contributed by atoms with Gasteiger partial charge < -0.3 is 9.80 Å². The van der Waals surface area contributed by atoms with Gasteiger partial charge in [0.2, 0.25) is 0 Å². The zero-order chi connectivity index (χ0) is 17.7. The normalized spacial score (nSPS) is 18.0. The predicted molar refractivity (Wildman–Crippen MR) is 101 cm³/mol. The van der Waals surface area contributed by atoms with Crippen LogP contribution in [0.5, 0.6) is 0 Å². The van der Waals surface area contributed by atoms with Crippen LogP contribution >= 0.6 is 11.6 Å². The molecule has 134 valence electrons. The van der Waals surface area contributed by atoms with E-state index < -0.39 is 0 Å². The summed E-state index contributed by atoms with van der Waals surface area (Å²) in [5.41, 5.74) is 1.84. The van der Waals surface area contributed by atoms with Crippen molar-refractivity contribution < 1.29 is 0 Å². The summed E-state index contributed by atoms with van der Waals surface area (Å²) >= 11 is 6.27. The van der Waals surface area contributed by atoms with Gasteiger partial charge in [-0.3, -0.25) is 4.98 Å². The molecule has 1 aliphatic carbocycles. The summed E-state index contributed by atoms with van der Waals surface area (Å²) < 4.78 is 1.93. The number of anilines is 2. The van der Waals surface area contributed by atoms with Crippen molar-refractivity contribution in [3.63, 3.8) is 0 Å². The number of fused-ring (bicyclic) bond motifs is 1. The molecule has 0 aromatic carbocycles. The molecule has 0 atom stereocenters. The summed E-state index contributed by atoms with van der Waals surface area (Å²) in [6.07, 6.45) is 7.12. The minimum absolute atomic E-state index is 0.402. The summed E-state index contributed by atoms with van der Waals surface area (Å²) in [5.74, 6) is 2.49. The molecule has 1 aliphatic heterocycles. The van der Waals surface area contributed by atoms with E-state index in [1.807, 2.05) is 22.7 Å². The highest BCUT2D eigenvalue weighted by Gasteiger charge is 2.32. The predicted octanol–water partition coefficient (Wildman–Crippen LogP) is 2.77. The van der Waals surface area contributed by atoms with E-state index in [1.165, 1.54) is 19.3 Å². The van der Waals surface area contributed by atoms with Crippen LogP contribution in [-0.4, -0.2) is 51.0 Å². The van der Waals surface area contributed by atoms with Crippen molar-refractivity contribution in [2.24, 2.45) is 0 Å². The van der Waals surface area contributed by atoms with E-state index in [4.69, 9.17) is 16.7 Å². The maximum absolute atomic E-state index is 6.27. The van der Waals surface area contributed by atoms with Gasteiger partial charge in [0.15, 0.2) is 11.5 Å². The molecule has 5 rings (SSSR count). The van der Waals surface area contributed by atoms with Crippen LogP contribution in [0.1, 0.15) is 31.0 Å². The van der Waals surface area contributed by atoms with Crippen LogP contribution in [0.2, 0.25) is 5.02 Å². The second-order valence-electron chi connectivity index (χ2n) is 7.14. The third kappa shape index (κ3) is 2.49. The fourth-order valence-corrected chi connectivity index (χ4v) is 3.88. The highest BCUT2D eigenvalue weighted by Crippen LogP contribution is 2.35. The number of nitrogens with zero attached hydrogens (tertiary/aromatic N) is 7. The lowest BCUT2D eigenvalue weighted by Crippen LogP contribution is -2.59. The quantitative estimate of drug-likeness (QED) is 0.704. The van der Waals surface area contributed by atoms with Gasteiger partial charge in [0.05, 0.1) is 16.8 Å². The molecule has 1 saturated carbocycles. The van der Waals surface area contributed by atoms with Crippen LogP contribution in [0, 0.1) is 0 Å². The Bertz CT molecular complexity index is 946. The number of halogens is 1. The zero-order valence-electron chi connectivity index (χ0n) is 14.6. The van der Waals surface area contributed by atoms with Gasteiger partial charge in [0, 0.05) is 38.4 Å². The second kappa shape index (κ2) is 6.09. The van der Waals surface area contributed by atoms with Crippen LogP contribution in [0.15, 0.2) is 30.6 Å². The van der Waals surface area contributed by atoms with Gasteiger partial charge >= 0.3 is 0 Å². The van der Waals surface area contributed by atoms with Crippen molar-refractivity contribution in [3.05, 3.63) is 41.4 Å².